The lowest BCUT2D eigenvalue weighted by molar-refractivity contribution is 0.250. The molecular formula is C9H12FNO2. The fraction of sp³-hybridized carbons (Fsp3) is 0.333. The molecule has 1 aromatic rings. The van der Waals surface area contributed by atoms with E-state index in [1.54, 1.807) is 13.1 Å². The molecule has 1 aromatic carbocycles. The van der Waals surface area contributed by atoms with E-state index in [0.29, 0.717) is 5.56 Å². The number of likely N-dealkylation sites (N-methyl/N-ethyl adjacent to an activating group) is 1. The van der Waals surface area contributed by atoms with Gasteiger partial charge in [0, 0.05) is 0 Å². The number of hydrogen-bond acceptors (Lipinski definition) is 3. The third kappa shape index (κ3) is 2.17. The van der Waals surface area contributed by atoms with Gasteiger partial charge in [-0.25, -0.2) is 4.39 Å². The lowest BCUT2D eigenvalue weighted by Crippen LogP contribution is -2.19. The minimum absolute atomic E-state index is 0.110. The average Bonchev–Trinajstić information content (AvgIpc) is 2.13. The molecule has 72 valence electrons. The number of aromatic hydroxyl groups is 1. The first-order chi connectivity index (χ1) is 6.19. The van der Waals surface area contributed by atoms with Gasteiger partial charge in [0.2, 0.25) is 0 Å². The number of phenolic OH excluding ortho intramolecular Hbond substituents is 1. The van der Waals surface area contributed by atoms with Crippen LogP contribution in [0.1, 0.15) is 11.6 Å². The lowest BCUT2D eigenvalue weighted by Gasteiger charge is -2.13. The topological polar surface area (TPSA) is 52.5 Å². The summed E-state index contributed by atoms with van der Waals surface area (Å²) in [6.07, 6.45) is 0. The maximum Gasteiger partial charge on any atom is 0.165 e. The highest BCUT2D eigenvalue weighted by Crippen LogP contribution is 2.20. The van der Waals surface area contributed by atoms with Crippen LogP contribution in [0.3, 0.4) is 0 Å². The molecule has 0 saturated carbocycles. The van der Waals surface area contributed by atoms with Crippen molar-refractivity contribution in [2.75, 3.05) is 13.7 Å². The Morgan fingerprint density at radius 1 is 1.54 bits per heavy atom. The van der Waals surface area contributed by atoms with Crippen LogP contribution in [0.2, 0.25) is 0 Å². The Morgan fingerprint density at radius 2 is 2.23 bits per heavy atom. The molecule has 1 atom stereocenters. The molecule has 0 heterocycles. The predicted molar refractivity (Wildman–Crippen MR) is 47.0 cm³/mol. The summed E-state index contributed by atoms with van der Waals surface area (Å²) in [5, 5.41) is 20.6. The minimum Gasteiger partial charge on any atom is -0.505 e. The van der Waals surface area contributed by atoms with E-state index in [1.807, 2.05) is 0 Å². The smallest absolute Gasteiger partial charge is 0.165 e. The van der Waals surface area contributed by atoms with Gasteiger partial charge in [-0.3, -0.25) is 0 Å². The Bertz CT molecular complexity index is 287. The van der Waals surface area contributed by atoms with E-state index in [2.05, 4.69) is 5.32 Å². The molecule has 3 nitrogen and oxygen atoms in total. The van der Waals surface area contributed by atoms with Crippen LogP contribution in [-0.4, -0.2) is 23.9 Å². The molecule has 0 radical (unpaired) electrons. The SMILES string of the molecule is CN[C@H](CO)c1ccc(O)c(F)c1. The maximum atomic E-state index is 12.9. The largest absolute Gasteiger partial charge is 0.505 e. The van der Waals surface area contributed by atoms with E-state index in [1.165, 1.54) is 12.1 Å². The number of rotatable bonds is 3. The summed E-state index contributed by atoms with van der Waals surface area (Å²) in [4.78, 5) is 0. The molecule has 0 aliphatic carbocycles. The van der Waals surface area contributed by atoms with Gasteiger partial charge in [0.1, 0.15) is 0 Å². The molecule has 0 amide bonds. The normalized spacial score (nSPS) is 12.8. The number of halogens is 1. The van der Waals surface area contributed by atoms with Crippen LogP contribution in [0.5, 0.6) is 5.75 Å². The van der Waals surface area contributed by atoms with E-state index in [-0.39, 0.29) is 18.4 Å². The molecule has 0 unspecified atom stereocenters. The van der Waals surface area contributed by atoms with E-state index in [0.717, 1.165) is 0 Å². The Kier molecular flexibility index (Phi) is 3.22. The van der Waals surface area contributed by atoms with Crippen molar-refractivity contribution in [2.45, 2.75) is 6.04 Å². The number of nitrogens with one attached hydrogen (secondary N) is 1. The fourth-order valence-corrected chi connectivity index (χ4v) is 1.10. The van der Waals surface area contributed by atoms with Crippen molar-refractivity contribution < 1.29 is 14.6 Å². The summed E-state index contributed by atoms with van der Waals surface area (Å²) in [6.45, 7) is -0.110. The Morgan fingerprint density at radius 3 is 2.69 bits per heavy atom. The number of phenols is 1. The molecule has 0 fully saturated rings. The summed E-state index contributed by atoms with van der Waals surface area (Å²) in [5.74, 6) is -1.05. The lowest BCUT2D eigenvalue weighted by atomic mass is 10.1. The van der Waals surface area contributed by atoms with Crippen molar-refractivity contribution in [3.8, 4) is 5.75 Å². The van der Waals surface area contributed by atoms with Gasteiger partial charge < -0.3 is 15.5 Å². The van der Waals surface area contributed by atoms with Gasteiger partial charge in [0.25, 0.3) is 0 Å². The summed E-state index contributed by atoms with van der Waals surface area (Å²) >= 11 is 0. The van der Waals surface area contributed by atoms with E-state index >= 15 is 0 Å². The fourth-order valence-electron chi connectivity index (χ4n) is 1.10. The maximum absolute atomic E-state index is 12.9. The quantitative estimate of drug-likeness (QED) is 0.652. The van der Waals surface area contributed by atoms with Gasteiger partial charge in [0.15, 0.2) is 11.6 Å². The van der Waals surface area contributed by atoms with Crippen molar-refractivity contribution >= 4 is 0 Å². The highest BCUT2D eigenvalue weighted by atomic mass is 19.1. The minimum atomic E-state index is -0.675. The molecule has 0 aliphatic heterocycles. The summed E-state index contributed by atoms with van der Waals surface area (Å²) in [7, 11) is 1.67. The summed E-state index contributed by atoms with van der Waals surface area (Å²) in [5.41, 5.74) is 0.611. The monoisotopic (exact) mass is 185 g/mol. The van der Waals surface area contributed by atoms with E-state index in [4.69, 9.17) is 10.2 Å². The average molecular weight is 185 g/mol. The predicted octanol–water partition coefficient (Wildman–Crippen LogP) is 0.784. The van der Waals surface area contributed by atoms with Crippen LogP contribution in [0, 0.1) is 5.82 Å². The zero-order chi connectivity index (χ0) is 9.84. The van der Waals surface area contributed by atoms with Crippen LogP contribution in [0.15, 0.2) is 18.2 Å². The van der Waals surface area contributed by atoms with Crippen molar-refractivity contribution in [3.05, 3.63) is 29.6 Å². The first kappa shape index (κ1) is 9.95. The molecule has 0 aromatic heterocycles. The first-order valence-corrected chi connectivity index (χ1v) is 3.95. The second-order valence-electron chi connectivity index (χ2n) is 2.73. The molecule has 0 saturated heterocycles. The Hall–Kier alpha value is -1.13. The number of aliphatic hydroxyl groups excluding tert-OH is 1. The molecule has 1 rings (SSSR count). The van der Waals surface area contributed by atoms with Crippen LogP contribution < -0.4 is 5.32 Å². The van der Waals surface area contributed by atoms with Crippen molar-refractivity contribution in [1.29, 1.82) is 0 Å². The Balaban J connectivity index is 2.95. The van der Waals surface area contributed by atoms with Crippen LogP contribution >= 0.6 is 0 Å². The third-order valence-corrected chi connectivity index (χ3v) is 1.91. The van der Waals surface area contributed by atoms with Gasteiger partial charge in [-0.15, -0.1) is 0 Å². The molecule has 4 heteroatoms. The van der Waals surface area contributed by atoms with Gasteiger partial charge in [-0.1, -0.05) is 6.07 Å². The second-order valence-corrected chi connectivity index (χ2v) is 2.73. The molecule has 13 heavy (non-hydrogen) atoms. The zero-order valence-corrected chi connectivity index (χ0v) is 7.29. The number of hydrogen-bond donors (Lipinski definition) is 3. The van der Waals surface area contributed by atoms with Gasteiger partial charge in [-0.2, -0.15) is 0 Å². The van der Waals surface area contributed by atoms with Crippen LogP contribution in [0.25, 0.3) is 0 Å². The van der Waals surface area contributed by atoms with Crippen molar-refractivity contribution in [2.24, 2.45) is 0 Å². The highest BCUT2D eigenvalue weighted by Gasteiger charge is 2.09. The van der Waals surface area contributed by atoms with Gasteiger partial charge >= 0.3 is 0 Å². The molecule has 0 aliphatic rings. The number of benzene rings is 1. The van der Waals surface area contributed by atoms with Crippen LogP contribution in [0.4, 0.5) is 4.39 Å². The molecule has 3 N–H and O–H groups in total. The van der Waals surface area contributed by atoms with Gasteiger partial charge in [0.05, 0.1) is 12.6 Å². The van der Waals surface area contributed by atoms with E-state index < -0.39 is 5.82 Å². The standard InChI is InChI=1S/C9H12FNO2/c1-11-8(5-12)6-2-3-9(13)7(10)4-6/h2-4,8,11-13H,5H2,1H3/t8-/m1/s1. The summed E-state index contributed by atoms with van der Waals surface area (Å²) < 4.78 is 12.9. The van der Waals surface area contributed by atoms with Crippen LogP contribution in [-0.2, 0) is 0 Å². The molecule has 0 bridgehead atoms. The van der Waals surface area contributed by atoms with Gasteiger partial charge in [-0.05, 0) is 24.7 Å². The van der Waals surface area contributed by atoms with E-state index in [9.17, 15) is 4.39 Å². The second kappa shape index (κ2) is 4.20. The Labute approximate surface area is 75.8 Å². The first-order valence-electron chi connectivity index (χ1n) is 3.95. The zero-order valence-electron chi connectivity index (χ0n) is 7.29. The summed E-state index contributed by atoms with van der Waals surface area (Å²) in [6, 6.07) is 3.74. The molecular weight excluding hydrogens is 173 g/mol. The highest BCUT2D eigenvalue weighted by molar-refractivity contribution is 5.29. The third-order valence-electron chi connectivity index (χ3n) is 1.91. The van der Waals surface area contributed by atoms with Crippen molar-refractivity contribution in [3.63, 3.8) is 0 Å². The molecule has 0 spiro atoms. The van der Waals surface area contributed by atoms with Crippen molar-refractivity contribution in [1.82, 2.24) is 5.32 Å². The number of aliphatic hydroxyl groups is 1.